The van der Waals surface area contributed by atoms with Crippen LogP contribution in [0.25, 0.3) is 6.20 Å². The second kappa shape index (κ2) is 3.55. The highest BCUT2D eigenvalue weighted by Crippen LogP contribution is 2.12. The average molecular weight is 173 g/mol. The quantitative estimate of drug-likeness (QED) is 0.697. The van der Waals surface area contributed by atoms with Gasteiger partial charge in [-0.2, -0.15) is 5.10 Å². The highest BCUT2D eigenvalue weighted by atomic mass is 35.5. The number of halogens is 1. The summed E-state index contributed by atoms with van der Waals surface area (Å²) in [5, 5.41) is 13.1. The minimum atomic E-state index is -0.634. The largest absolute Gasteiger partial charge is 0.387 e. The van der Waals surface area contributed by atoms with Gasteiger partial charge in [-0.05, 0) is 0 Å². The van der Waals surface area contributed by atoms with Gasteiger partial charge in [-0.3, -0.25) is 0 Å². The van der Waals surface area contributed by atoms with Crippen molar-refractivity contribution in [2.24, 2.45) is 0 Å². The smallest absolute Gasteiger partial charge is 0.0955 e. The first kappa shape index (κ1) is 8.30. The molecule has 0 spiro atoms. The maximum Gasteiger partial charge on any atom is 0.0955 e. The van der Waals surface area contributed by atoms with Gasteiger partial charge in [-0.25, -0.2) is 4.68 Å². The Bertz CT molecular complexity index is 246. The monoisotopic (exact) mass is 172 g/mol. The summed E-state index contributed by atoms with van der Waals surface area (Å²) in [6, 6.07) is 0. The van der Waals surface area contributed by atoms with Gasteiger partial charge in [-0.15, -0.1) is 11.6 Å². The third-order valence-electron chi connectivity index (χ3n) is 1.34. The molecule has 0 fully saturated rings. The van der Waals surface area contributed by atoms with Crippen molar-refractivity contribution in [3.8, 4) is 0 Å². The van der Waals surface area contributed by atoms with E-state index in [1.807, 2.05) is 0 Å². The fraction of sp³-hybridized carbons (Fsp3) is 0.286. The van der Waals surface area contributed by atoms with Gasteiger partial charge in [0.15, 0.2) is 0 Å². The molecule has 0 saturated heterocycles. The predicted octanol–water partition coefficient (Wildman–Crippen LogP) is 1.26. The van der Waals surface area contributed by atoms with Crippen LogP contribution in [0.2, 0.25) is 0 Å². The number of rotatable bonds is 3. The number of aromatic nitrogens is 2. The summed E-state index contributed by atoms with van der Waals surface area (Å²) in [6.07, 6.45) is 4.16. The van der Waals surface area contributed by atoms with E-state index in [0.29, 0.717) is 5.56 Å². The second-order valence-electron chi connectivity index (χ2n) is 2.11. The lowest BCUT2D eigenvalue weighted by Gasteiger charge is -1.99. The lowest BCUT2D eigenvalue weighted by atomic mass is 10.2. The van der Waals surface area contributed by atoms with Gasteiger partial charge < -0.3 is 5.11 Å². The maximum atomic E-state index is 9.22. The van der Waals surface area contributed by atoms with E-state index in [2.05, 4.69) is 11.7 Å². The molecular formula is C7H9ClN2O. The van der Waals surface area contributed by atoms with Crippen molar-refractivity contribution >= 4 is 17.8 Å². The Morgan fingerprint density at radius 1 is 1.91 bits per heavy atom. The summed E-state index contributed by atoms with van der Waals surface area (Å²) < 4.78 is 1.52. The van der Waals surface area contributed by atoms with Gasteiger partial charge >= 0.3 is 0 Å². The minimum Gasteiger partial charge on any atom is -0.387 e. The molecule has 1 heterocycles. The normalized spacial score (nSPS) is 12.9. The molecule has 60 valence electrons. The fourth-order valence-corrected chi connectivity index (χ4v) is 0.892. The third kappa shape index (κ3) is 1.82. The SMILES string of the molecule is C=Cn1cc(C(O)CCl)cn1. The Hall–Kier alpha value is -0.800. The van der Waals surface area contributed by atoms with E-state index in [9.17, 15) is 5.11 Å². The number of nitrogens with zero attached hydrogens (tertiary/aromatic N) is 2. The van der Waals surface area contributed by atoms with Crippen molar-refractivity contribution in [2.75, 3.05) is 5.88 Å². The summed E-state index contributed by atoms with van der Waals surface area (Å²) in [7, 11) is 0. The van der Waals surface area contributed by atoms with Crippen molar-refractivity contribution in [1.29, 1.82) is 0 Å². The molecule has 0 aliphatic carbocycles. The number of hydrogen-bond acceptors (Lipinski definition) is 2. The minimum absolute atomic E-state index is 0.183. The lowest BCUT2D eigenvalue weighted by Crippen LogP contribution is -1.95. The van der Waals surface area contributed by atoms with Crippen LogP contribution in [-0.2, 0) is 0 Å². The van der Waals surface area contributed by atoms with Gasteiger partial charge in [0.25, 0.3) is 0 Å². The van der Waals surface area contributed by atoms with Crippen LogP contribution in [0.1, 0.15) is 11.7 Å². The van der Waals surface area contributed by atoms with Crippen LogP contribution in [0.5, 0.6) is 0 Å². The van der Waals surface area contributed by atoms with Crippen LogP contribution in [0.3, 0.4) is 0 Å². The molecule has 11 heavy (non-hydrogen) atoms. The van der Waals surface area contributed by atoms with Crippen LogP contribution < -0.4 is 0 Å². The molecule has 0 aromatic carbocycles. The number of aliphatic hydroxyl groups is 1. The molecule has 4 heteroatoms. The summed E-state index contributed by atoms with van der Waals surface area (Å²) in [4.78, 5) is 0. The summed E-state index contributed by atoms with van der Waals surface area (Å²) in [6.45, 7) is 3.52. The Kier molecular flexibility index (Phi) is 2.68. The van der Waals surface area contributed by atoms with Gasteiger partial charge in [0.05, 0.1) is 18.2 Å². The standard InChI is InChI=1S/C7H9ClN2O/c1-2-10-5-6(4-9-10)7(11)3-8/h2,4-5,7,11H,1,3H2. The molecule has 1 atom stereocenters. The zero-order chi connectivity index (χ0) is 8.27. The topological polar surface area (TPSA) is 38.0 Å². The molecule has 0 bridgehead atoms. The van der Waals surface area contributed by atoms with Crippen molar-refractivity contribution in [3.63, 3.8) is 0 Å². The second-order valence-corrected chi connectivity index (χ2v) is 2.41. The molecule has 0 saturated carbocycles. The molecule has 1 unspecified atom stereocenters. The van der Waals surface area contributed by atoms with E-state index < -0.39 is 6.10 Å². The van der Waals surface area contributed by atoms with Gasteiger partial charge in [0.1, 0.15) is 0 Å². The molecule has 0 aliphatic heterocycles. The van der Waals surface area contributed by atoms with E-state index in [0.717, 1.165) is 0 Å². The van der Waals surface area contributed by atoms with E-state index >= 15 is 0 Å². The van der Waals surface area contributed by atoms with E-state index in [1.54, 1.807) is 18.6 Å². The highest BCUT2D eigenvalue weighted by Gasteiger charge is 2.06. The summed E-state index contributed by atoms with van der Waals surface area (Å²) in [5.41, 5.74) is 0.708. The van der Waals surface area contributed by atoms with Gasteiger partial charge in [0.2, 0.25) is 0 Å². The van der Waals surface area contributed by atoms with Crippen LogP contribution in [0, 0.1) is 0 Å². The van der Waals surface area contributed by atoms with E-state index in [-0.39, 0.29) is 5.88 Å². The van der Waals surface area contributed by atoms with Crippen molar-refractivity contribution in [1.82, 2.24) is 9.78 Å². The molecule has 0 aliphatic rings. The van der Waals surface area contributed by atoms with Crippen LogP contribution in [-0.4, -0.2) is 20.8 Å². The lowest BCUT2D eigenvalue weighted by molar-refractivity contribution is 0.202. The maximum absolute atomic E-state index is 9.22. The molecule has 1 rings (SSSR count). The Morgan fingerprint density at radius 2 is 2.64 bits per heavy atom. The number of hydrogen-bond donors (Lipinski definition) is 1. The van der Waals surface area contributed by atoms with E-state index in [1.165, 1.54) is 4.68 Å². The van der Waals surface area contributed by atoms with Crippen LogP contribution in [0.15, 0.2) is 19.0 Å². The summed E-state index contributed by atoms with van der Waals surface area (Å²) >= 11 is 5.43. The number of aliphatic hydroxyl groups excluding tert-OH is 1. The summed E-state index contributed by atoms with van der Waals surface area (Å²) in [5.74, 6) is 0.183. The van der Waals surface area contributed by atoms with Gasteiger partial charge in [0, 0.05) is 18.0 Å². The first-order valence-electron chi connectivity index (χ1n) is 3.18. The van der Waals surface area contributed by atoms with Crippen molar-refractivity contribution in [2.45, 2.75) is 6.10 Å². The molecule has 1 aromatic heterocycles. The van der Waals surface area contributed by atoms with Gasteiger partial charge in [-0.1, -0.05) is 6.58 Å². The Morgan fingerprint density at radius 3 is 3.09 bits per heavy atom. The zero-order valence-corrected chi connectivity index (χ0v) is 6.70. The molecule has 0 amide bonds. The molecule has 1 aromatic rings. The molecular weight excluding hydrogens is 164 g/mol. The molecule has 0 radical (unpaired) electrons. The first-order chi connectivity index (χ1) is 5.27. The van der Waals surface area contributed by atoms with Crippen molar-refractivity contribution in [3.05, 3.63) is 24.5 Å². The fourth-order valence-electron chi connectivity index (χ4n) is 0.714. The zero-order valence-electron chi connectivity index (χ0n) is 5.94. The van der Waals surface area contributed by atoms with E-state index in [4.69, 9.17) is 11.6 Å². The first-order valence-corrected chi connectivity index (χ1v) is 3.72. The highest BCUT2D eigenvalue weighted by molar-refractivity contribution is 6.18. The van der Waals surface area contributed by atoms with Crippen LogP contribution >= 0.6 is 11.6 Å². The van der Waals surface area contributed by atoms with Crippen molar-refractivity contribution < 1.29 is 5.11 Å². The molecule has 3 nitrogen and oxygen atoms in total. The Balaban J connectivity index is 2.79. The Labute approximate surface area is 69.9 Å². The molecule has 1 N–H and O–H groups in total. The third-order valence-corrected chi connectivity index (χ3v) is 1.63. The van der Waals surface area contributed by atoms with Crippen LogP contribution in [0.4, 0.5) is 0 Å². The number of alkyl halides is 1. The average Bonchev–Trinajstić information content (AvgIpc) is 2.50. The predicted molar refractivity (Wildman–Crippen MR) is 44.3 cm³/mol.